The number of pyridine rings is 1. The Morgan fingerprint density at radius 1 is 1.44 bits per heavy atom. The van der Waals surface area contributed by atoms with E-state index in [1.807, 2.05) is 19.1 Å². The van der Waals surface area contributed by atoms with Crippen LogP contribution in [0.3, 0.4) is 0 Å². The van der Waals surface area contributed by atoms with Crippen LogP contribution < -0.4 is 10.1 Å². The Hall–Kier alpha value is -1.55. The van der Waals surface area contributed by atoms with Crippen LogP contribution in [0.15, 0.2) is 30.5 Å². The van der Waals surface area contributed by atoms with Gasteiger partial charge in [-0.2, -0.15) is 0 Å². The molecule has 1 rings (SSSR count). The highest BCUT2D eigenvalue weighted by Crippen LogP contribution is 2.20. The van der Waals surface area contributed by atoms with Gasteiger partial charge >= 0.3 is 0 Å². The van der Waals surface area contributed by atoms with Gasteiger partial charge in [0.1, 0.15) is 0 Å². The first-order valence-corrected chi connectivity index (χ1v) is 6.28. The summed E-state index contributed by atoms with van der Waals surface area (Å²) in [6.45, 7) is 10.4. The van der Waals surface area contributed by atoms with E-state index in [9.17, 15) is 0 Å². The van der Waals surface area contributed by atoms with Crippen molar-refractivity contribution in [3.05, 3.63) is 30.5 Å². The lowest BCUT2D eigenvalue weighted by Gasteiger charge is -2.11. The van der Waals surface area contributed by atoms with Gasteiger partial charge in [0.25, 0.3) is 0 Å². The number of ether oxygens (including phenoxy) is 2. The van der Waals surface area contributed by atoms with Crippen LogP contribution in [0.5, 0.6) is 5.75 Å². The van der Waals surface area contributed by atoms with Crippen molar-refractivity contribution < 1.29 is 9.47 Å². The second-order valence-electron chi connectivity index (χ2n) is 4.14. The quantitative estimate of drug-likeness (QED) is 0.540. The van der Waals surface area contributed by atoms with Crippen molar-refractivity contribution in [1.82, 2.24) is 4.98 Å². The van der Waals surface area contributed by atoms with Crippen LogP contribution in [0.2, 0.25) is 0 Å². The topological polar surface area (TPSA) is 43.4 Å². The molecule has 0 saturated heterocycles. The van der Waals surface area contributed by atoms with Crippen LogP contribution in [0.4, 0.5) is 5.82 Å². The Bertz CT molecular complexity index is 367. The van der Waals surface area contributed by atoms with E-state index in [1.54, 1.807) is 6.20 Å². The maximum atomic E-state index is 5.60. The number of hydrogen-bond donors (Lipinski definition) is 1. The zero-order chi connectivity index (χ0) is 13.2. The number of nitrogens with zero attached hydrogens (tertiary/aromatic N) is 1. The third-order valence-corrected chi connectivity index (χ3v) is 2.12. The monoisotopic (exact) mass is 250 g/mol. The number of rotatable bonds is 9. The number of anilines is 1. The van der Waals surface area contributed by atoms with E-state index in [0.717, 1.165) is 23.6 Å². The van der Waals surface area contributed by atoms with Gasteiger partial charge in [0.15, 0.2) is 11.6 Å². The molecule has 0 aliphatic heterocycles. The normalized spacial score (nSPS) is 10.1. The van der Waals surface area contributed by atoms with Gasteiger partial charge in [0.05, 0.1) is 19.8 Å². The number of hydrogen-bond acceptors (Lipinski definition) is 4. The highest BCUT2D eigenvalue weighted by Gasteiger charge is 2.02. The first kappa shape index (κ1) is 14.5. The molecule has 0 amide bonds. The van der Waals surface area contributed by atoms with Crippen molar-refractivity contribution in [1.29, 1.82) is 0 Å². The molecule has 4 heteroatoms. The summed E-state index contributed by atoms with van der Waals surface area (Å²) in [5.41, 5.74) is 1.03. The Morgan fingerprint density at radius 2 is 2.28 bits per heavy atom. The van der Waals surface area contributed by atoms with Crippen molar-refractivity contribution in [3.8, 4) is 5.75 Å². The summed E-state index contributed by atoms with van der Waals surface area (Å²) in [7, 11) is 0. The lowest BCUT2D eigenvalue weighted by Crippen LogP contribution is -2.12. The molecular formula is C14H22N2O2. The molecule has 1 heterocycles. The molecule has 0 radical (unpaired) electrons. The first-order chi connectivity index (χ1) is 8.74. The van der Waals surface area contributed by atoms with Crippen LogP contribution in [0.1, 0.15) is 20.3 Å². The molecule has 1 N–H and O–H groups in total. The lowest BCUT2D eigenvalue weighted by molar-refractivity contribution is 0.167. The van der Waals surface area contributed by atoms with Crippen molar-refractivity contribution >= 4 is 5.82 Å². The minimum absolute atomic E-state index is 0.600. The Balaban J connectivity index is 2.34. The summed E-state index contributed by atoms with van der Waals surface area (Å²) in [5, 5.41) is 3.21. The van der Waals surface area contributed by atoms with Crippen molar-refractivity contribution in [3.63, 3.8) is 0 Å². The van der Waals surface area contributed by atoms with Gasteiger partial charge in [-0.25, -0.2) is 4.98 Å². The summed E-state index contributed by atoms with van der Waals surface area (Å²) >= 11 is 0. The minimum Gasteiger partial charge on any atom is -0.490 e. The molecule has 18 heavy (non-hydrogen) atoms. The van der Waals surface area contributed by atoms with E-state index < -0.39 is 0 Å². The molecule has 0 spiro atoms. The Morgan fingerprint density at radius 3 is 3.00 bits per heavy atom. The standard InChI is InChI=1S/C14H22N2O2/c1-4-9-18-13-6-5-7-15-14(13)16-8-10-17-11-12(2)3/h5-7H,2,4,8-11H2,1,3H3,(H,15,16). The molecule has 0 bridgehead atoms. The van der Waals surface area contributed by atoms with Crippen LogP contribution in [-0.4, -0.2) is 31.3 Å². The lowest BCUT2D eigenvalue weighted by atomic mass is 10.4. The van der Waals surface area contributed by atoms with E-state index in [0.29, 0.717) is 26.4 Å². The molecular weight excluding hydrogens is 228 g/mol. The summed E-state index contributed by atoms with van der Waals surface area (Å²) in [6.07, 6.45) is 2.73. The molecule has 0 aromatic carbocycles. The molecule has 0 saturated carbocycles. The molecule has 0 aliphatic rings. The van der Waals surface area contributed by atoms with Crippen molar-refractivity contribution in [2.45, 2.75) is 20.3 Å². The first-order valence-electron chi connectivity index (χ1n) is 6.28. The van der Waals surface area contributed by atoms with E-state index in [4.69, 9.17) is 9.47 Å². The summed E-state index contributed by atoms with van der Waals surface area (Å²) in [5.74, 6) is 1.56. The number of aromatic nitrogens is 1. The van der Waals surface area contributed by atoms with Gasteiger partial charge in [-0.1, -0.05) is 19.1 Å². The fourth-order valence-corrected chi connectivity index (χ4v) is 1.34. The minimum atomic E-state index is 0.600. The fraction of sp³-hybridized carbons (Fsp3) is 0.500. The molecule has 1 aromatic rings. The maximum Gasteiger partial charge on any atom is 0.168 e. The predicted octanol–water partition coefficient (Wildman–Crippen LogP) is 2.88. The zero-order valence-electron chi connectivity index (χ0n) is 11.2. The van der Waals surface area contributed by atoms with Crippen molar-refractivity contribution in [2.24, 2.45) is 0 Å². The van der Waals surface area contributed by atoms with E-state index in [2.05, 4.69) is 23.8 Å². The third kappa shape index (κ3) is 5.68. The van der Waals surface area contributed by atoms with E-state index in [1.165, 1.54) is 0 Å². The van der Waals surface area contributed by atoms with Crippen LogP contribution in [0.25, 0.3) is 0 Å². The molecule has 4 nitrogen and oxygen atoms in total. The van der Waals surface area contributed by atoms with E-state index in [-0.39, 0.29) is 0 Å². The molecule has 0 fully saturated rings. The molecule has 100 valence electrons. The smallest absolute Gasteiger partial charge is 0.168 e. The summed E-state index contributed by atoms with van der Waals surface area (Å²) < 4.78 is 11.0. The second kappa shape index (κ2) is 8.53. The highest BCUT2D eigenvalue weighted by molar-refractivity contribution is 5.49. The maximum absolute atomic E-state index is 5.60. The summed E-state index contributed by atoms with van der Waals surface area (Å²) in [6, 6.07) is 3.79. The third-order valence-electron chi connectivity index (χ3n) is 2.12. The zero-order valence-corrected chi connectivity index (χ0v) is 11.2. The highest BCUT2D eigenvalue weighted by atomic mass is 16.5. The van der Waals surface area contributed by atoms with E-state index >= 15 is 0 Å². The SMILES string of the molecule is C=C(C)COCCNc1ncccc1OCCC. The predicted molar refractivity (Wildman–Crippen MR) is 74.1 cm³/mol. The molecule has 0 atom stereocenters. The average Bonchev–Trinajstić information content (AvgIpc) is 2.36. The van der Waals surface area contributed by atoms with Gasteiger partial charge in [-0.3, -0.25) is 0 Å². The van der Waals surface area contributed by atoms with Gasteiger partial charge < -0.3 is 14.8 Å². The molecule has 1 aromatic heterocycles. The fourth-order valence-electron chi connectivity index (χ4n) is 1.34. The van der Waals surface area contributed by atoms with Crippen LogP contribution in [-0.2, 0) is 4.74 Å². The molecule has 0 aliphatic carbocycles. The second-order valence-corrected chi connectivity index (χ2v) is 4.14. The van der Waals surface area contributed by atoms with Gasteiger partial charge in [0.2, 0.25) is 0 Å². The van der Waals surface area contributed by atoms with Crippen LogP contribution >= 0.6 is 0 Å². The van der Waals surface area contributed by atoms with Gasteiger partial charge in [0, 0.05) is 12.7 Å². The van der Waals surface area contributed by atoms with Gasteiger partial charge in [-0.05, 0) is 25.5 Å². The average molecular weight is 250 g/mol. The Kier molecular flexibility index (Phi) is 6.87. The number of nitrogens with one attached hydrogen (secondary N) is 1. The molecule has 0 unspecified atom stereocenters. The van der Waals surface area contributed by atoms with Gasteiger partial charge in [-0.15, -0.1) is 0 Å². The Labute approximate surface area is 109 Å². The largest absolute Gasteiger partial charge is 0.490 e. The van der Waals surface area contributed by atoms with Crippen molar-refractivity contribution in [2.75, 3.05) is 31.7 Å². The summed E-state index contributed by atoms with van der Waals surface area (Å²) in [4.78, 5) is 4.26. The van der Waals surface area contributed by atoms with Crippen LogP contribution in [0, 0.1) is 0 Å².